The number of halogens is 4. The number of rotatable bonds is 1. The van der Waals surface area contributed by atoms with Crippen LogP contribution >= 0.6 is 11.6 Å². The maximum atomic E-state index is 13.6. The van der Waals surface area contributed by atoms with E-state index in [1.807, 2.05) is 0 Å². The van der Waals surface area contributed by atoms with Crippen LogP contribution in [0.2, 0.25) is 5.02 Å². The summed E-state index contributed by atoms with van der Waals surface area (Å²) in [6.07, 6.45) is 0. The fraction of sp³-hybridized carbons (Fsp3) is 0. The first-order valence-electron chi connectivity index (χ1n) is 4.69. The highest BCUT2D eigenvalue weighted by Gasteiger charge is 2.14. The van der Waals surface area contributed by atoms with Crippen molar-refractivity contribution < 1.29 is 13.2 Å². The van der Waals surface area contributed by atoms with Crippen molar-refractivity contribution in [3.63, 3.8) is 0 Å². The van der Waals surface area contributed by atoms with Crippen LogP contribution in [-0.4, -0.2) is 0 Å². The zero-order valence-corrected chi connectivity index (χ0v) is 9.23. The third-order valence-corrected chi connectivity index (χ3v) is 2.58. The number of nitrogens with two attached hydrogens (primary N) is 1. The van der Waals surface area contributed by atoms with Crippen molar-refractivity contribution in [2.24, 2.45) is 0 Å². The Balaban J connectivity index is 2.64. The maximum Gasteiger partial charge on any atom is 0.142 e. The van der Waals surface area contributed by atoms with Crippen molar-refractivity contribution in [2.45, 2.75) is 0 Å². The molecule has 0 fully saturated rings. The van der Waals surface area contributed by atoms with Crippen LogP contribution in [0.5, 0.6) is 0 Å². The lowest BCUT2D eigenvalue weighted by atomic mass is 10.0. The highest BCUT2D eigenvalue weighted by molar-refractivity contribution is 6.30. The van der Waals surface area contributed by atoms with Gasteiger partial charge in [-0.05, 0) is 29.8 Å². The Kier molecular flexibility index (Phi) is 2.98. The Bertz CT molecular complexity index is 561. The normalized spacial score (nSPS) is 10.6. The molecule has 0 heterocycles. The van der Waals surface area contributed by atoms with E-state index < -0.39 is 17.5 Å². The molecule has 2 rings (SSSR count). The molecular formula is C12H7ClF3N. The molecule has 2 N–H and O–H groups in total. The van der Waals surface area contributed by atoms with Crippen molar-refractivity contribution in [3.8, 4) is 11.1 Å². The average Bonchev–Trinajstić information content (AvgIpc) is 2.21. The third kappa shape index (κ3) is 2.22. The summed E-state index contributed by atoms with van der Waals surface area (Å²) < 4.78 is 40.3. The van der Waals surface area contributed by atoms with E-state index in [1.165, 1.54) is 12.1 Å². The van der Waals surface area contributed by atoms with Gasteiger partial charge in [0.15, 0.2) is 0 Å². The van der Waals surface area contributed by atoms with E-state index in [0.29, 0.717) is 0 Å². The molecule has 0 aliphatic carbocycles. The molecule has 17 heavy (non-hydrogen) atoms. The predicted molar refractivity (Wildman–Crippen MR) is 61.2 cm³/mol. The van der Waals surface area contributed by atoms with E-state index in [9.17, 15) is 13.2 Å². The number of benzene rings is 2. The fourth-order valence-electron chi connectivity index (χ4n) is 1.52. The predicted octanol–water partition coefficient (Wildman–Crippen LogP) is 4.01. The molecule has 0 saturated heterocycles. The molecule has 0 spiro atoms. The molecule has 0 radical (unpaired) electrons. The molecule has 1 nitrogen and oxygen atoms in total. The van der Waals surface area contributed by atoms with Gasteiger partial charge in [-0.3, -0.25) is 0 Å². The lowest BCUT2D eigenvalue weighted by molar-refractivity contribution is 0.590. The monoisotopic (exact) mass is 257 g/mol. The Morgan fingerprint density at radius 1 is 0.882 bits per heavy atom. The lowest BCUT2D eigenvalue weighted by Gasteiger charge is -2.07. The summed E-state index contributed by atoms with van der Waals surface area (Å²) in [5, 5.41) is -0.106. The molecule has 2 aromatic rings. The van der Waals surface area contributed by atoms with E-state index in [4.69, 9.17) is 17.3 Å². The highest BCUT2D eigenvalue weighted by Crippen LogP contribution is 2.30. The molecule has 0 atom stereocenters. The Labute approximate surface area is 101 Å². The summed E-state index contributed by atoms with van der Waals surface area (Å²) in [7, 11) is 0. The van der Waals surface area contributed by atoms with Crippen LogP contribution in [0.4, 0.5) is 18.9 Å². The van der Waals surface area contributed by atoms with Gasteiger partial charge in [0.1, 0.15) is 17.5 Å². The Morgan fingerprint density at radius 3 is 2.00 bits per heavy atom. The van der Waals surface area contributed by atoms with E-state index in [2.05, 4.69) is 0 Å². The topological polar surface area (TPSA) is 26.0 Å². The minimum Gasteiger partial charge on any atom is -0.399 e. The van der Waals surface area contributed by atoms with Gasteiger partial charge in [-0.15, -0.1) is 0 Å². The molecule has 2 aromatic carbocycles. The van der Waals surface area contributed by atoms with Gasteiger partial charge >= 0.3 is 0 Å². The van der Waals surface area contributed by atoms with Crippen molar-refractivity contribution in [2.75, 3.05) is 5.73 Å². The first-order chi connectivity index (χ1) is 7.99. The molecule has 0 aliphatic rings. The SMILES string of the molecule is Nc1cc(F)c(-c2ccc(Cl)c(F)c2)c(F)c1. The highest BCUT2D eigenvalue weighted by atomic mass is 35.5. The van der Waals surface area contributed by atoms with Crippen LogP contribution in [0.1, 0.15) is 0 Å². The second kappa shape index (κ2) is 4.30. The second-order valence-corrected chi connectivity index (χ2v) is 3.90. The van der Waals surface area contributed by atoms with Crippen LogP contribution in [0.25, 0.3) is 11.1 Å². The van der Waals surface area contributed by atoms with Gasteiger partial charge in [-0.25, -0.2) is 13.2 Å². The largest absolute Gasteiger partial charge is 0.399 e. The number of anilines is 1. The summed E-state index contributed by atoms with van der Waals surface area (Å²) in [5.41, 5.74) is 5.00. The van der Waals surface area contributed by atoms with Crippen molar-refractivity contribution in [1.29, 1.82) is 0 Å². The van der Waals surface area contributed by atoms with Gasteiger partial charge in [-0.2, -0.15) is 0 Å². The number of hydrogen-bond acceptors (Lipinski definition) is 1. The van der Waals surface area contributed by atoms with E-state index in [1.54, 1.807) is 0 Å². The standard InChI is InChI=1S/C12H7ClF3N/c13-8-2-1-6(3-9(8)14)12-10(15)4-7(17)5-11(12)16/h1-5H,17H2. The van der Waals surface area contributed by atoms with Gasteiger partial charge in [0.2, 0.25) is 0 Å². The van der Waals surface area contributed by atoms with Gasteiger partial charge in [0.25, 0.3) is 0 Å². The molecule has 0 aliphatic heterocycles. The first-order valence-corrected chi connectivity index (χ1v) is 5.07. The number of nitrogen functional groups attached to an aromatic ring is 1. The van der Waals surface area contributed by atoms with Gasteiger partial charge in [-0.1, -0.05) is 17.7 Å². The molecular weight excluding hydrogens is 251 g/mol. The maximum absolute atomic E-state index is 13.6. The summed E-state index contributed by atoms with van der Waals surface area (Å²) in [6, 6.07) is 5.50. The minimum absolute atomic E-state index is 0.0295. The van der Waals surface area contributed by atoms with Gasteiger partial charge in [0, 0.05) is 5.69 Å². The van der Waals surface area contributed by atoms with Gasteiger partial charge < -0.3 is 5.73 Å². The van der Waals surface area contributed by atoms with Crippen LogP contribution in [-0.2, 0) is 0 Å². The first kappa shape index (κ1) is 11.8. The molecule has 0 saturated carbocycles. The average molecular weight is 258 g/mol. The van der Waals surface area contributed by atoms with E-state index in [-0.39, 0.29) is 21.8 Å². The van der Waals surface area contributed by atoms with Gasteiger partial charge in [0.05, 0.1) is 10.6 Å². The molecule has 0 amide bonds. The second-order valence-electron chi connectivity index (χ2n) is 3.49. The summed E-state index contributed by atoms with van der Waals surface area (Å²) in [5.74, 6) is -2.42. The van der Waals surface area contributed by atoms with E-state index in [0.717, 1.165) is 18.2 Å². The zero-order chi connectivity index (χ0) is 12.6. The third-order valence-electron chi connectivity index (χ3n) is 2.27. The van der Waals surface area contributed by atoms with E-state index >= 15 is 0 Å². The number of hydrogen-bond donors (Lipinski definition) is 1. The fourth-order valence-corrected chi connectivity index (χ4v) is 1.64. The molecule has 0 aromatic heterocycles. The Morgan fingerprint density at radius 2 is 1.47 bits per heavy atom. The smallest absolute Gasteiger partial charge is 0.142 e. The van der Waals surface area contributed by atoms with Crippen LogP contribution < -0.4 is 5.73 Å². The molecule has 88 valence electrons. The zero-order valence-electron chi connectivity index (χ0n) is 8.48. The quantitative estimate of drug-likeness (QED) is 0.768. The molecule has 0 bridgehead atoms. The summed E-state index contributed by atoms with van der Waals surface area (Å²) in [4.78, 5) is 0. The molecule has 5 heteroatoms. The van der Waals surface area contributed by atoms with Crippen LogP contribution in [0, 0.1) is 17.5 Å². The van der Waals surface area contributed by atoms with Crippen molar-refractivity contribution in [1.82, 2.24) is 0 Å². The summed E-state index contributed by atoms with van der Waals surface area (Å²) in [6.45, 7) is 0. The Hall–Kier alpha value is -1.68. The minimum atomic E-state index is -0.843. The lowest BCUT2D eigenvalue weighted by Crippen LogP contribution is -1.95. The van der Waals surface area contributed by atoms with Crippen molar-refractivity contribution in [3.05, 3.63) is 52.8 Å². The van der Waals surface area contributed by atoms with Crippen LogP contribution in [0.3, 0.4) is 0 Å². The van der Waals surface area contributed by atoms with Crippen molar-refractivity contribution >= 4 is 17.3 Å². The summed E-state index contributed by atoms with van der Waals surface area (Å²) >= 11 is 5.49. The van der Waals surface area contributed by atoms with Crippen LogP contribution in [0.15, 0.2) is 30.3 Å². The molecule has 0 unspecified atom stereocenters.